The van der Waals surface area contributed by atoms with Gasteiger partial charge in [-0.3, -0.25) is 0 Å². The maximum Gasteiger partial charge on any atom is 0.139 e. The van der Waals surface area contributed by atoms with Crippen LogP contribution in [0.15, 0.2) is 0 Å². The Morgan fingerprint density at radius 2 is 1.25 bits per heavy atom. The Balaban J connectivity index is 3.60. The highest BCUT2D eigenvalue weighted by atomic mass is 16.3. The summed E-state index contributed by atoms with van der Waals surface area (Å²) in [5.74, 6) is 0.454. The van der Waals surface area contributed by atoms with E-state index in [1.165, 1.54) is 16.5 Å². The van der Waals surface area contributed by atoms with Crippen molar-refractivity contribution in [1.82, 2.24) is 0 Å². The number of aromatic hydroxyl groups is 1. The summed E-state index contributed by atoms with van der Waals surface area (Å²) in [7, 11) is 4.15. The van der Waals surface area contributed by atoms with Crippen LogP contribution in [0, 0.1) is 20.8 Å². The number of phenolic OH excluding ortho intramolecular Hbond substituents is 1. The molecule has 12 heavy (non-hydrogen) atoms. The van der Waals surface area contributed by atoms with Gasteiger partial charge in [-0.05, 0) is 31.9 Å². The third-order valence-electron chi connectivity index (χ3n) is 2.96. The fourth-order valence-electron chi connectivity index (χ4n) is 1.48. The maximum absolute atomic E-state index is 9.69. The van der Waals surface area contributed by atoms with Gasteiger partial charge in [-0.25, -0.2) is 0 Å². The first-order chi connectivity index (χ1) is 5.46. The molecular formula is C9H14B2O. The zero-order chi connectivity index (χ0) is 9.46. The zero-order valence-electron chi connectivity index (χ0n) is 8.45. The first-order valence-corrected chi connectivity index (χ1v) is 4.22. The van der Waals surface area contributed by atoms with Gasteiger partial charge in [0.25, 0.3) is 0 Å². The van der Waals surface area contributed by atoms with Crippen molar-refractivity contribution in [2.75, 3.05) is 0 Å². The molecule has 62 valence electrons. The van der Waals surface area contributed by atoms with Crippen molar-refractivity contribution in [3.05, 3.63) is 16.7 Å². The van der Waals surface area contributed by atoms with Crippen LogP contribution >= 0.6 is 0 Å². The van der Waals surface area contributed by atoms with Crippen molar-refractivity contribution in [3.63, 3.8) is 0 Å². The second-order valence-corrected chi connectivity index (χ2v) is 3.47. The van der Waals surface area contributed by atoms with Gasteiger partial charge in [-0.1, -0.05) is 16.5 Å². The van der Waals surface area contributed by atoms with Crippen LogP contribution in [-0.2, 0) is 0 Å². The molecule has 0 spiro atoms. The molecule has 0 fully saturated rings. The van der Waals surface area contributed by atoms with Crippen molar-refractivity contribution < 1.29 is 5.11 Å². The summed E-state index contributed by atoms with van der Waals surface area (Å²) >= 11 is 0. The molecule has 0 bridgehead atoms. The Kier molecular flexibility index (Phi) is 2.22. The number of rotatable bonds is 0. The minimum Gasteiger partial charge on any atom is -0.507 e. The maximum atomic E-state index is 9.69. The second kappa shape index (κ2) is 2.89. The van der Waals surface area contributed by atoms with Crippen molar-refractivity contribution in [3.8, 4) is 5.75 Å². The Morgan fingerprint density at radius 3 is 1.75 bits per heavy atom. The van der Waals surface area contributed by atoms with E-state index in [0.29, 0.717) is 5.75 Å². The summed E-state index contributed by atoms with van der Waals surface area (Å²) < 4.78 is 0. The Labute approximate surface area is 75.6 Å². The van der Waals surface area contributed by atoms with Gasteiger partial charge in [0.05, 0.1) is 0 Å². The quantitative estimate of drug-likeness (QED) is 0.474. The average Bonchev–Trinajstić information content (AvgIpc) is 2.08. The molecule has 0 heterocycles. The summed E-state index contributed by atoms with van der Waals surface area (Å²) in [6.07, 6.45) is 0. The summed E-state index contributed by atoms with van der Waals surface area (Å²) in [5.41, 5.74) is 5.72. The molecule has 0 unspecified atom stereocenters. The van der Waals surface area contributed by atoms with E-state index in [0.717, 1.165) is 11.1 Å². The van der Waals surface area contributed by atoms with E-state index in [1.807, 2.05) is 13.8 Å². The summed E-state index contributed by atoms with van der Waals surface area (Å²) in [6.45, 7) is 5.98. The molecule has 0 aliphatic carbocycles. The topological polar surface area (TPSA) is 20.2 Å². The molecule has 0 saturated heterocycles. The number of phenols is 1. The Morgan fingerprint density at radius 1 is 0.833 bits per heavy atom. The van der Waals surface area contributed by atoms with Crippen LogP contribution < -0.4 is 10.9 Å². The van der Waals surface area contributed by atoms with Crippen LogP contribution in [-0.4, -0.2) is 20.8 Å². The summed E-state index contributed by atoms with van der Waals surface area (Å²) in [6, 6.07) is 0. The van der Waals surface area contributed by atoms with E-state index in [4.69, 9.17) is 0 Å². The van der Waals surface area contributed by atoms with Gasteiger partial charge in [0.15, 0.2) is 0 Å². The van der Waals surface area contributed by atoms with Gasteiger partial charge in [-0.2, -0.15) is 0 Å². The van der Waals surface area contributed by atoms with Crippen molar-refractivity contribution >= 4 is 26.6 Å². The van der Waals surface area contributed by atoms with Crippen LogP contribution in [0.4, 0.5) is 0 Å². The first kappa shape index (κ1) is 9.24. The zero-order valence-corrected chi connectivity index (χ0v) is 8.45. The molecule has 1 aromatic carbocycles. The first-order valence-electron chi connectivity index (χ1n) is 4.22. The molecule has 1 N–H and O–H groups in total. The van der Waals surface area contributed by atoms with Gasteiger partial charge in [-0.15, -0.1) is 0 Å². The fourth-order valence-corrected chi connectivity index (χ4v) is 1.48. The van der Waals surface area contributed by atoms with Crippen molar-refractivity contribution in [2.45, 2.75) is 20.8 Å². The largest absolute Gasteiger partial charge is 0.507 e. The molecule has 0 atom stereocenters. The molecule has 1 rings (SSSR count). The molecule has 0 radical (unpaired) electrons. The van der Waals surface area contributed by atoms with Crippen LogP contribution in [0.25, 0.3) is 0 Å². The number of benzene rings is 1. The third kappa shape index (κ3) is 1.13. The van der Waals surface area contributed by atoms with E-state index in [-0.39, 0.29) is 0 Å². The van der Waals surface area contributed by atoms with Crippen molar-refractivity contribution in [2.24, 2.45) is 0 Å². The highest BCUT2D eigenvalue weighted by Crippen LogP contribution is 2.20. The molecule has 1 aromatic rings. The van der Waals surface area contributed by atoms with E-state index >= 15 is 0 Å². The van der Waals surface area contributed by atoms with Gasteiger partial charge in [0, 0.05) is 0 Å². The van der Waals surface area contributed by atoms with Crippen LogP contribution in [0.3, 0.4) is 0 Å². The summed E-state index contributed by atoms with van der Waals surface area (Å²) in [4.78, 5) is 0. The smallest absolute Gasteiger partial charge is 0.139 e. The highest BCUT2D eigenvalue weighted by molar-refractivity contribution is 6.50. The SMILES string of the molecule is Bc1c(B)c(C)c(O)c(C)c1C. The molecule has 0 amide bonds. The molecule has 0 aliphatic heterocycles. The lowest BCUT2D eigenvalue weighted by atomic mass is 9.74. The molecule has 0 aromatic heterocycles. The molecule has 1 nitrogen and oxygen atoms in total. The minimum absolute atomic E-state index is 0.454. The lowest BCUT2D eigenvalue weighted by Crippen LogP contribution is -2.31. The summed E-state index contributed by atoms with van der Waals surface area (Å²) in [5, 5.41) is 9.69. The number of hydrogen-bond donors (Lipinski definition) is 1. The van der Waals surface area contributed by atoms with E-state index in [1.54, 1.807) is 0 Å². The minimum atomic E-state index is 0.454. The average molecular weight is 160 g/mol. The third-order valence-corrected chi connectivity index (χ3v) is 2.96. The monoisotopic (exact) mass is 160 g/mol. The normalized spacial score (nSPS) is 10.2. The van der Waals surface area contributed by atoms with Gasteiger partial charge in [0.1, 0.15) is 21.4 Å². The highest BCUT2D eigenvalue weighted by Gasteiger charge is 2.09. The number of hydrogen-bond acceptors (Lipinski definition) is 1. The van der Waals surface area contributed by atoms with Gasteiger partial charge < -0.3 is 5.11 Å². The van der Waals surface area contributed by atoms with Crippen LogP contribution in [0.2, 0.25) is 0 Å². The molecule has 0 saturated carbocycles. The van der Waals surface area contributed by atoms with Gasteiger partial charge >= 0.3 is 0 Å². The van der Waals surface area contributed by atoms with Crippen molar-refractivity contribution in [1.29, 1.82) is 0 Å². The van der Waals surface area contributed by atoms with Crippen LogP contribution in [0.1, 0.15) is 16.7 Å². The lowest BCUT2D eigenvalue weighted by Gasteiger charge is -2.14. The lowest BCUT2D eigenvalue weighted by molar-refractivity contribution is 0.467. The predicted octanol–water partition coefficient (Wildman–Crippen LogP) is -1.17. The van der Waals surface area contributed by atoms with Crippen LogP contribution in [0.5, 0.6) is 5.75 Å². The Bertz CT molecular complexity index is 227. The second-order valence-electron chi connectivity index (χ2n) is 3.47. The standard InChI is InChI=1S/C9H14B2O/c1-4-5(2)9(12)6(3)8(11)7(4)10/h12H,10-11H2,1-3H3. The molecule has 0 aliphatic rings. The Hall–Kier alpha value is -0.850. The molecule has 3 heteroatoms. The molecular weight excluding hydrogens is 146 g/mol. The van der Waals surface area contributed by atoms with E-state index in [9.17, 15) is 5.11 Å². The predicted molar refractivity (Wildman–Crippen MR) is 58.7 cm³/mol. The van der Waals surface area contributed by atoms with E-state index < -0.39 is 0 Å². The van der Waals surface area contributed by atoms with E-state index in [2.05, 4.69) is 22.6 Å². The fraction of sp³-hybridized carbons (Fsp3) is 0.333. The van der Waals surface area contributed by atoms with Gasteiger partial charge in [0.2, 0.25) is 0 Å².